The number of hydrogen-bond donors (Lipinski definition) is 2. The summed E-state index contributed by atoms with van der Waals surface area (Å²) in [5.41, 5.74) is 8.46. The fraction of sp³-hybridized carbons (Fsp3) is 0.200. The molecule has 1 aromatic carbocycles. The van der Waals surface area contributed by atoms with Crippen LogP contribution in [-0.2, 0) is 6.61 Å². The molecule has 0 atom stereocenters. The van der Waals surface area contributed by atoms with Crippen molar-refractivity contribution in [2.75, 3.05) is 19.1 Å². The normalized spacial score (nSPS) is 11.5. The molecule has 0 saturated heterocycles. The maximum atomic E-state index is 9.35. The maximum absolute atomic E-state index is 9.35. The lowest BCUT2D eigenvalue weighted by Gasteiger charge is -2.12. The Labute approximate surface area is 138 Å². The fourth-order valence-electron chi connectivity index (χ4n) is 1.90. The molecule has 0 amide bonds. The molecule has 0 aliphatic heterocycles. The van der Waals surface area contributed by atoms with Crippen molar-refractivity contribution in [2.45, 2.75) is 6.61 Å². The Balaban J connectivity index is 2.63. The largest absolute Gasteiger partial charge is 0.481 e. The van der Waals surface area contributed by atoms with Gasteiger partial charge in [0, 0.05) is 17.2 Å². The highest BCUT2D eigenvalue weighted by atomic mass is 35.5. The Morgan fingerprint density at radius 2 is 2.23 bits per heavy atom. The third kappa shape index (κ3) is 3.52. The lowest BCUT2D eigenvalue weighted by atomic mass is 10.0. The third-order valence-corrected chi connectivity index (χ3v) is 3.75. The summed E-state index contributed by atoms with van der Waals surface area (Å²) < 4.78 is 5.16. The zero-order chi connectivity index (χ0) is 16.1. The van der Waals surface area contributed by atoms with Crippen LogP contribution in [0.1, 0.15) is 17.1 Å². The van der Waals surface area contributed by atoms with Gasteiger partial charge in [-0.2, -0.15) is 4.98 Å². The lowest BCUT2D eigenvalue weighted by Crippen LogP contribution is -2.04. The molecule has 2 rings (SSSR count). The van der Waals surface area contributed by atoms with E-state index in [1.807, 2.05) is 23.8 Å². The average Bonchev–Trinajstić information content (AvgIpc) is 2.55. The molecule has 0 aliphatic carbocycles. The molecule has 2 aromatic rings. The molecular formula is C15H16ClN3O2S. The predicted molar refractivity (Wildman–Crippen MR) is 91.0 cm³/mol. The standard InChI is InChI=1S/C15H16ClN3O2S/c1-21-13-6-9(7-20)18-15(19-13)11(8-22-2)10-4-3-5-12(16)14(10)17/h3-6,8,20H,7,17H2,1-2H3/b11-8-. The molecule has 1 aromatic heterocycles. The average molecular weight is 338 g/mol. The summed E-state index contributed by atoms with van der Waals surface area (Å²) >= 11 is 7.59. The summed E-state index contributed by atoms with van der Waals surface area (Å²) in [7, 11) is 1.51. The molecule has 0 saturated carbocycles. The van der Waals surface area contributed by atoms with Gasteiger partial charge in [0.05, 0.1) is 30.1 Å². The number of benzene rings is 1. The molecule has 1 heterocycles. The second-order valence-corrected chi connectivity index (χ2v) is 5.47. The van der Waals surface area contributed by atoms with E-state index in [1.165, 1.54) is 18.9 Å². The van der Waals surface area contributed by atoms with Gasteiger partial charge in [0.15, 0.2) is 5.82 Å². The number of anilines is 1. The van der Waals surface area contributed by atoms with Crippen molar-refractivity contribution in [1.82, 2.24) is 9.97 Å². The van der Waals surface area contributed by atoms with Crippen molar-refractivity contribution in [2.24, 2.45) is 0 Å². The van der Waals surface area contributed by atoms with Gasteiger partial charge in [-0.1, -0.05) is 23.7 Å². The molecule has 0 aliphatic rings. The van der Waals surface area contributed by atoms with E-state index in [0.717, 1.165) is 11.1 Å². The fourth-order valence-corrected chi connectivity index (χ4v) is 2.55. The first-order valence-corrected chi connectivity index (χ1v) is 8.07. The van der Waals surface area contributed by atoms with Gasteiger partial charge in [-0.25, -0.2) is 4.98 Å². The second-order valence-electron chi connectivity index (χ2n) is 4.35. The van der Waals surface area contributed by atoms with Crippen LogP contribution in [0.3, 0.4) is 0 Å². The molecule has 3 N–H and O–H groups in total. The number of nitrogen functional groups attached to an aromatic ring is 1. The van der Waals surface area contributed by atoms with Gasteiger partial charge in [0.2, 0.25) is 5.88 Å². The van der Waals surface area contributed by atoms with E-state index in [0.29, 0.717) is 28.1 Å². The van der Waals surface area contributed by atoms with Gasteiger partial charge in [0.25, 0.3) is 0 Å². The van der Waals surface area contributed by atoms with Crippen LogP contribution >= 0.6 is 23.4 Å². The Morgan fingerprint density at radius 3 is 2.86 bits per heavy atom. The number of thioether (sulfide) groups is 1. The smallest absolute Gasteiger partial charge is 0.216 e. The summed E-state index contributed by atoms with van der Waals surface area (Å²) in [6.45, 7) is -0.205. The van der Waals surface area contributed by atoms with Crippen molar-refractivity contribution in [3.05, 3.63) is 51.8 Å². The molecule has 0 fully saturated rings. The third-order valence-electron chi connectivity index (χ3n) is 2.95. The molecule has 0 unspecified atom stereocenters. The molecule has 22 heavy (non-hydrogen) atoms. The number of nitrogens with two attached hydrogens (primary N) is 1. The Kier molecular flexibility index (Phi) is 5.65. The van der Waals surface area contributed by atoms with Crippen molar-refractivity contribution in [3.8, 4) is 5.88 Å². The van der Waals surface area contributed by atoms with Crippen LogP contribution in [0, 0.1) is 0 Å². The number of rotatable bonds is 5. The second kappa shape index (κ2) is 7.49. The minimum Gasteiger partial charge on any atom is -0.481 e. The topological polar surface area (TPSA) is 81.3 Å². The van der Waals surface area contributed by atoms with Crippen LogP contribution < -0.4 is 10.5 Å². The number of nitrogens with zero attached hydrogens (tertiary/aromatic N) is 2. The first kappa shape index (κ1) is 16.6. The van der Waals surface area contributed by atoms with Gasteiger partial charge in [-0.15, -0.1) is 11.8 Å². The summed E-state index contributed by atoms with van der Waals surface area (Å²) in [6, 6.07) is 6.98. The van der Waals surface area contributed by atoms with Crippen molar-refractivity contribution < 1.29 is 9.84 Å². The van der Waals surface area contributed by atoms with Gasteiger partial charge in [-0.3, -0.25) is 0 Å². The highest BCUT2D eigenvalue weighted by molar-refractivity contribution is 8.01. The van der Waals surface area contributed by atoms with Crippen LogP contribution in [0.2, 0.25) is 5.02 Å². The minimum atomic E-state index is -0.205. The van der Waals surface area contributed by atoms with E-state index >= 15 is 0 Å². The molecule has 5 nitrogen and oxygen atoms in total. The Hall–Kier alpha value is -1.76. The monoisotopic (exact) mass is 337 g/mol. The van der Waals surface area contributed by atoms with Crippen LogP contribution in [0.4, 0.5) is 5.69 Å². The Bertz CT molecular complexity index is 685. The van der Waals surface area contributed by atoms with E-state index in [2.05, 4.69) is 9.97 Å². The predicted octanol–water partition coefficient (Wildman–Crippen LogP) is 2.97. The summed E-state index contributed by atoms with van der Waals surface area (Å²) in [5.74, 6) is 0.799. The number of aliphatic hydroxyl groups excluding tert-OH is 1. The molecular weight excluding hydrogens is 322 g/mol. The number of ether oxygens (including phenoxy) is 1. The van der Waals surface area contributed by atoms with E-state index in [9.17, 15) is 5.11 Å². The quantitative estimate of drug-likeness (QED) is 0.816. The highest BCUT2D eigenvalue weighted by Gasteiger charge is 2.15. The van der Waals surface area contributed by atoms with Crippen LogP contribution in [0.25, 0.3) is 5.57 Å². The molecule has 7 heteroatoms. The van der Waals surface area contributed by atoms with E-state index < -0.39 is 0 Å². The number of halogens is 1. The first-order valence-electron chi connectivity index (χ1n) is 6.41. The number of hydrogen-bond acceptors (Lipinski definition) is 6. The van der Waals surface area contributed by atoms with Gasteiger partial charge in [-0.05, 0) is 17.7 Å². The van der Waals surface area contributed by atoms with Gasteiger partial charge in [0.1, 0.15) is 0 Å². The number of aliphatic hydroxyl groups is 1. The number of para-hydroxylation sites is 1. The van der Waals surface area contributed by atoms with E-state index in [1.54, 1.807) is 12.1 Å². The number of aromatic nitrogens is 2. The maximum Gasteiger partial charge on any atom is 0.216 e. The first-order chi connectivity index (χ1) is 10.6. The van der Waals surface area contributed by atoms with Crippen molar-refractivity contribution in [3.63, 3.8) is 0 Å². The van der Waals surface area contributed by atoms with E-state index in [4.69, 9.17) is 22.1 Å². The summed E-state index contributed by atoms with van der Waals surface area (Å²) in [6.07, 6.45) is 1.92. The van der Waals surface area contributed by atoms with E-state index in [-0.39, 0.29) is 6.61 Å². The van der Waals surface area contributed by atoms with Crippen molar-refractivity contribution >= 4 is 34.6 Å². The SMILES string of the molecule is COc1cc(CO)nc(/C(=C\SC)c2cccc(Cl)c2N)n1. The van der Waals surface area contributed by atoms with Gasteiger partial charge < -0.3 is 15.6 Å². The number of methoxy groups -OCH3 is 1. The molecule has 116 valence electrons. The van der Waals surface area contributed by atoms with Crippen molar-refractivity contribution in [1.29, 1.82) is 0 Å². The highest BCUT2D eigenvalue weighted by Crippen LogP contribution is 2.32. The summed E-state index contributed by atoms with van der Waals surface area (Å²) in [4.78, 5) is 8.69. The summed E-state index contributed by atoms with van der Waals surface area (Å²) in [5, 5.41) is 11.7. The zero-order valence-corrected chi connectivity index (χ0v) is 13.8. The molecule has 0 radical (unpaired) electrons. The Morgan fingerprint density at radius 1 is 1.45 bits per heavy atom. The van der Waals surface area contributed by atoms with Crippen LogP contribution in [0.15, 0.2) is 29.7 Å². The minimum absolute atomic E-state index is 0.205. The zero-order valence-electron chi connectivity index (χ0n) is 12.2. The van der Waals surface area contributed by atoms with Crippen LogP contribution in [-0.4, -0.2) is 28.4 Å². The lowest BCUT2D eigenvalue weighted by molar-refractivity contribution is 0.275. The molecule has 0 spiro atoms. The van der Waals surface area contributed by atoms with Crippen LogP contribution in [0.5, 0.6) is 5.88 Å². The molecule has 0 bridgehead atoms. The van der Waals surface area contributed by atoms with Gasteiger partial charge >= 0.3 is 0 Å².